The number of ether oxygens (including phenoxy) is 2. The van der Waals surface area contributed by atoms with Crippen LogP contribution in [0.1, 0.15) is 13.3 Å². The smallest absolute Gasteiger partial charge is 0.133 e. The molecule has 3 radical (unpaired) electrons. The van der Waals surface area contributed by atoms with E-state index in [0.29, 0.717) is 11.9 Å². The second kappa shape index (κ2) is 6.21. The van der Waals surface area contributed by atoms with Gasteiger partial charge in [-0.25, -0.2) is 0 Å². The summed E-state index contributed by atoms with van der Waals surface area (Å²) in [5, 5.41) is 0.300. The van der Waals surface area contributed by atoms with Gasteiger partial charge in [0.2, 0.25) is 0 Å². The van der Waals surface area contributed by atoms with E-state index >= 15 is 0 Å². The van der Waals surface area contributed by atoms with Crippen molar-refractivity contribution in [1.29, 1.82) is 0 Å². The van der Waals surface area contributed by atoms with Gasteiger partial charge in [-0.15, -0.1) is 0 Å². The van der Waals surface area contributed by atoms with E-state index in [1.54, 1.807) is 7.11 Å². The first-order chi connectivity index (χ1) is 4.70. The molecule has 0 aromatic rings. The number of hydrogen-bond acceptors (Lipinski definition) is 3. The van der Waals surface area contributed by atoms with Gasteiger partial charge in [0.15, 0.2) is 0 Å². The molecule has 0 heterocycles. The van der Waals surface area contributed by atoms with E-state index in [0.717, 1.165) is 6.42 Å². The topological polar surface area (TPSA) is 18.5 Å². The number of thiol groups is 1. The summed E-state index contributed by atoms with van der Waals surface area (Å²) in [4.78, 5) is 0. The van der Waals surface area contributed by atoms with Crippen molar-refractivity contribution in [1.82, 2.24) is 0 Å². The minimum Gasteiger partial charge on any atom is -0.361 e. The van der Waals surface area contributed by atoms with Crippen molar-refractivity contribution in [3.8, 4) is 0 Å². The zero-order valence-electron chi connectivity index (χ0n) is 6.33. The molecule has 4 heteroatoms. The van der Waals surface area contributed by atoms with Crippen LogP contribution in [0.25, 0.3) is 0 Å². The summed E-state index contributed by atoms with van der Waals surface area (Å²) in [6.45, 7) is 2.68. The van der Waals surface area contributed by atoms with Gasteiger partial charge in [0, 0.05) is 12.4 Å². The SMILES string of the molecule is CCC(S)COC([Si])OC. The summed E-state index contributed by atoms with van der Waals surface area (Å²) in [6, 6.07) is 0. The maximum atomic E-state index is 5.16. The molecule has 0 fully saturated rings. The van der Waals surface area contributed by atoms with E-state index in [1.165, 1.54) is 0 Å². The van der Waals surface area contributed by atoms with Crippen molar-refractivity contribution in [3.63, 3.8) is 0 Å². The lowest BCUT2D eigenvalue weighted by Crippen LogP contribution is -2.19. The molecule has 0 amide bonds. The highest BCUT2D eigenvalue weighted by Gasteiger charge is 2.02. The van der Waals surface area contributed by atoms with Gasteiger partial charge in [-0.1, -0.05) is 6.92 Å². The molecule has 2 unspecified atom stereocenters. The van der Waals surface area contributed by atoms with Gasteiger partial charge in [-0.3, -0.25) is 0 Å². The van der Waals surface area contributed by atoms with Crippen molar-refractivity contribution in [2.24, 2.45) is 0 Å². The van der Waals surface area contributed by atoms with Crippen LogP contribution in [-0.4, -0.2) is 35.1 Å². The van der Waals surface area contributed by atoms with Gasteiger partial charge in [-0.05, 0) is 6.42 Å². The molecule has 0 aromatic heterocycles. The first-order valence-electron chi connectivity index (χ1n) is 3.24. The van der Waals surface area contributed by atoms with Crippen LogP contribution in [0.5, 0.6) is 0 Å². The molecule has 59 valence electrons. The molecule has 0 aromatic carbocycles. The molecule has 2 atom stereocenters. The van der Waals surface area contributed by atoms with E-state index in [1.807, 2.05) is 0 Å². The Bertz CT molecular complexity index is 72.1. The van der Waals surface area contributed by atoms with Crippen LogP contribution in [0.4, 0.5) is 0 Å². The monoisotopic (exact) mass is 177 g/mol. The summed E-state index contributed by atoms with van der Waals surface area (Å²) in [6.07, 6.45) is 1.01. The first-order valence-corrected chi connectivity index (χ1v) is 4.33. The van der Waals surface area contributed by atoms with E-state index in [2.05, 4.69) is 29.8 Å². The lowest BCUT2D eigenvalue weighted by molar-refractivity contribution is -0.0658. The minimum absolute atomic E-state index is 0.300. The molecule has 10 heavy (non-hydrogen) atoms. The highest BCUT2D eigenvalue weighted by Crippen LogP contribution is 2.01. The molecular formula is C6H13O2SSi. The molecule has 0 bridgehead atoms. The van der Waals surface area contributed by atoms with Crippen LogP contribution >= 0.6 is 12.6 Å². The highest BCUT2D eigenvalue weighted by molar-refractivity contribution is 7.81. The predicted octanol–water partition coefficient (Wildman–Crippen LogP) is 0.810. The van der Waals surface area contributed by atoms with Crippen molar-refractivity contribution in [3.05, 3.63) is 0 Å². The van der Waals surface area contributed by atoms with Gasteiger partial charge >= 0.3 is 0 Å². The fourth-order valence-corrected chi connectivity index (χ4v) is 0.567. The second-order valence-electron chi connectivity index (χ2n) is 1.96. The van der Waals surface area contributed by atoms with E-state index in [-0.39, 0.29) is 5.91 Å². The molecule has 2 nitrogen and oxygen atoms in total. The number of methoxy groups -OCH3 is 1. The van der Waals surface area contributed by atoms with Crippen LogP contribution in [0.3, 0.4) is 0 Å². The highest BCUT2D eigenvalue weighted by atomic mass is 32.1. The zero-order valence-corrected chi connectivity index (χ0v) is 8.23. The van der Waals surface area contributed by atoms with Gasteiger partial charge in [-0.2, -0.15) is 12.6 Å². The van der Waals surface area contributed by atoms with Crippen LogP contribution < -0.4 is 0 Å². The molecule has 0 rings (SSSR count). The quantitative estimate of drug-likeness (QED) is 0.380. The Morgan fingerprint density at radius 3 is 2.60 bits per heavy atom. The average molecular weight is 177 g/mol. The normalized spacial score (nSPS) is 16.8. The standard InChI is InChI=1S/C6H13O2SSi/c1-3-5(9)4-8-6(10)7-2/h5-6,9H,3-4H2,1-2H3. The molecule has 0 aliphatic carbocycles. The van der Waals surface area contributed by atoms with Crippen molar-refractivity contribution < 1.29 is 9.47 Å². The molecule has 0 spiro atoms. The molecular weight excluding hydrogens is 164 g/mol. The fraction of sp³-hybridized carbons (Fsp3) is 1.00. The fourth-order valence-electron chi connectivity index (χ4n) is 0.384. The summed E-state index contributed by atoms with van der Waals surface area (Å²) in [5.41, 5.74) is 0. The average Bonchev–Trinajstić information content (AvgIpc) is 1.99. The predicted molar refractivity (Wildman–Crippen MR) is 45.6 cm³/mol. The largest absolute Gasteiger partial charge is 0.361 e. The van der Waals surface area contributed by atoms with Gasteiger partial charge in [0.05, 0.1) is 6.61 Å². The third-order valence-electron chi connectivity index (χ3n) is 1.13. The summed E-state index contributed by atoms with van der Waals surface area (Å²) < 4.78 is 9.96. The van der Waals surface area contributed by atoms with E-state index in [9.17, 15) is 0 Å². The number of rotatable bonds is 5. The molecule has 0 aliphatic heterocycles. The van der Waals surface area contributed by atoms with Gasteiger partial charge in [0.25, 0.3) is 0 Å². The van der Waals surface area contributed by atoms with Crippen LogP contribution in [-0.2, 0) is 9.47 Å². The third kappa shape index (κ3) is 5.29. The van der Waals surface area contributed by atoms with Crippen molar-refractivity contribution >= 4 is 22.9 Å². The lowest BCUT2D eigenvalue weighted by Gasteiger charge is -2.13. The Balaban J connectivity index is 3.17. The third-order valence-corrected chi connectivity index (χ3v) is 2.04. The maximum absolute atomic E-state index is 5.16. The Hall–Kier alpha value is 0.487. The molecule has 0 saturated carbocycles. The Morgan fingerprint density at radius 1 is 1.60 bits per heavy atom. The minimum atomic E-state index is -0.304. The molecule has 0 saturated heterocycles. The zero-order chi connectivity index (χ0) is 7.98. The summed E-state index contributed by atoms with van der Waals surface area (Å²) in [5.74, 6) is -0.304. The Morgan fingerprint density at radius 2 is 2.20 bits per heavy atom. The van der Waals surface area contributed by atoms with Crippen LogP contribution in [0.2, 0.25) is 0 Å². The van der Waals surface area contributed by atoms with Crippen molar-refractivity contribution in [2.45, 2.75) is 24.5 Å². The van der Waals surface area contributed by atoms with Crippen LogP contribution in [0, 0.1) is 0 Å². The lowest BCUT2D eigenvalue weighted by atomic mass is 10.3. The van der Waals surface area contributed by atoms with E-state index < -0.39 is 0 Å². The van der Waals surface area contributed by atoms with Crippen molar-refractivity contribution in [2.75, 3.05) is 13.7 Å². The molecule has 0 aliphatic rings. The van der Waals surface area contributed by atoms with E-state index in [4.69, 9.17) is 9.47 Å². The summed E-state index contributed by atoms with van der Waals surface area (Å²) in [7, 11) is 4.78. The van der Waals surface area contributed by atoms with Gasteiger partial charge < -0.3 is 9.47 Å². The summed E-state index contributed by atoms with van der Waals surface area (Å²) >= 11 is 4.24. The second-order valence-corrected chi connectivity index (χ2v) is 3.16. The van der Waals surface area contributed by atoms with Crippen LogP contribution in [0.15, 0.2) is 0 Å². The molecule has 0 N–H and O–H groups in total. The Labute approximate surface area is 71.1 Å². The maximum Gasteiger partial charge on any atom is 0.133 e. The number of hydrogen-bond donors (Lipinski definition) is 1. The Kier molecular flexibility index (Phi) is 6.52. The first kappa shape index (κ1) is 10.5. The van der Waals surface area contributed by atoms with Gasteiger partial charge in [0.1, 0.15) is 16.2 Å².